The average Bonchev–Trinajstić information content (AvgIpc) is 3.71. The molecule has 1 saturated carbocycles. The first-order valence-corrected chi connectivity index (χ1v) is 13.3. The predicted molar refractivity (Wildman–Crippen MR) is 147 cm³/mol. The molecular weight excluding hydrogens is 481 g/mol. The summed E-state index contributed by atoms with van der Waals surface area (Å²) in [6.07, 6.45) is 3.94. The Morgan fingerprint density at radius 2 is 1.92 bits per heavy atom. The van der Waals surface area contributed by atoms with Crippen molar-refractivity contribution in [1.29, 1.82) is 0 Å². The third-order valence-electron chi connectivity index (χ3n) is 7.61. The van der Waals surface area contributed by atoms with Gasteiger partial charge in [-0.25, -0.2) is 4.39 Å². The Labute approximate surface area is 224 Å². The van der Waals surface area contributed by atoms with E-state index in [0.717, 1.165) is 51.6 Å². The molecule has 3 aromatic rings. The normalized spacial score (nSPS) is 21.3. The van der Waals surface area contributed by atoms with Crippen LogP contribution >= 0.6 is 0 Å². The Morgan fingerprint density at radius 1 is 1.18 bits per heavy atom. The van der Waals surface area contributed by atoms with Crippen LogP contribution in [0.2, 0.25) is 0 Å². The highest BCUT2D eigenvalue weighted by molar-refractivity contribution is 6.01. The molecule has 1 saturated heterocycles. The van der Waals surface area contributed by atoms with Gasteiger partial charge in [0.05, 0.1) is 24.3 Å². The molecule has 6 heteroatoms. The van der Waals surface area contributed by atoms with E-state index in [1.807, 2.05) is 58.2 Å². The molecule has 2 heterocycles. The van der Waals surface area contributed by atoms with Crippen molar-refractivity contribution in [3.05, 3.63) is 72.2 Å². The second kappa shape index (κ2) is 9.90. The van der Waals surface area contributed by atoms with Crippen molar-refractivity contribution in [3.8, 4) is 11.1 Å². The Balaban J connectivity index is 1.58. The third kappa shape index (κ3) is 5.38. The van der Waals surface area contributed by atoms with E-state index < -0.39 is 11.2 Å². The minimum Gasteiger partial charge on any atom is -0.465 e. The molecule has 2 atom stereocenters. The van der Waals surface area contributed by atoms with E-state index in [2.05, 4.69) is 12.6 Å². The van der Waals surface area contributed by atoms with Crippen LogP contribution in [0.1, 0.15) is 70.9 Å². The highest BCUT2D eigenvalue weighted by atomic mass is 19.1. The van der Waals surface area contributed by atoms with Gasteiger partial charge in [-0.3, -0.25) is 9.78 Å². The summed E-state index contributed by atoms with van der Waals surface area (Å²) in [5.74, 6) is -1.05. The number of ether oxygens (including phenoxy) is 3. The minimum absolute atomic E-state index is 0.221. The van der Waals surface area contributed by atoms with Crippen molar-refractivity contribution < 1.29 is 23.4 Å². The first-order chi connectivity index (χ1) is 17.9. The van der Waals surface area contributed by atoms with Crippen LogP contribution in [0.5, 0.6) is 0 Å². The van der Waals surface area contributed by atoms with Gasteiger partial charge in [0.25, 0.3) is 0 Å². The summed E-state index contributed by atoms with van der Waals surface area (Å²) in [6.45, 7) is 14.0. The van der Waals surface area contributed by atoms with E-state index in [1.165, 1.54) is 13.0 Å². The smallest absolute Gasteiger partial charge is 0.302 e. The van der Waals surface area contributed by atoms with E-state index in [9.17, 15) is 9.18 Å². The van der Waals surface area contributed by atoms with Gasteiger partial charge in [-0.2, -0.15) is 0 Å². The van der Waals surface area contributed by atoms with Gasteiger partial charge < -0.3 is 14.2 Å². The van der Waals surface area contributed by atoms with Crippen LogP contribution in [0.4, 0.5) is 4.39 Å². The lowest BCUT2D eigenvalue weighted by atomic mass is 9.80. The lowest BCUT2D eigenvalue weighted by Gasteiger charge is -2.46. The van der Waals surface area contributed by atoms with Crippen LogP contribution in [0.25, 0.3) is 27.6 Å². The van der Waals surface area contributed by atoms with Crippen LogP contribution in [-0.2, 0) is 19.0 Å². The van der Waals surface area contributed by atoms with Crippen LogP contribution in [0, 0.1) is 11.2 Å². The Morgan fingerprint density at radius 3 is 2.63 bits per heavy atom. The van der Waals surface area contributed by atoms with E-state index in [0.29, 0.717) is 12.3 Å². The van der Waals surface area contributed by atoms with Gasteiger partial charge in [0, 0.05) is 41.5 Å². The Kier molecular flexibility index (Phi) is 6.91. The molecule has 2 aliphatic rings. The molecule has 2 fully saturated rings. The van der Waals surface area contributed by atoms with Gasteiger partial charge in [-0.1, -0.05) is 44.7 Å². The zero-order chi connectivity index (χ0) is 27.2. The molecule has 5 nitrogen and oxygen atoms in total. The van der Waals surface area contributed by atoms with Crippen molar-refractivity contribution in [2.75, 3.05) is 6.61 Å². The maximum atomic E-state index is 14.4. The molecule has 0 N–H and O–H groups in total. The lowest BCUT2D eigenvalue weighted by Crippen LogP contribution is -2.51. The van der Waals surface area contributed by atoms with Gasteiger partial charge in [-0.15, -0.1) is 0 Å². The molecule has 2 aromatic carbocycles. The van der Waals surface area contributed by atoms with Crippen molar-refractivity contribution >= 4 is 22.4 Å². The van der Waals surface area contributed by atoms with Crippen molar-refractivity contribution in [1.82, 2.24) is 4.98 Å². The van der Waals surface area contributed by atoms with Crippen molar-refractivity contribution in [2.24, 2.45) is 5.41 Å². The monoisotopic (exact) mass is 517 g/mol. The standard InChI is InChI=1S/C32H36FNO4/c1-19(28-16-29(38-32(5,6)37-28)31(3,4)18-36-20(2)35)26-17-34-27-10-8-7-9-24(27)30(26)23-14-13-22(33)15-25(23)21-11-12-21/h7-10,13-15,17,21,28-29H,1,11-12,16,18H2,2-6H3/t28-,29-/m0/s1. The number of pyridine rings is 1. The maximum Gasteiger partial charge on any atom is 0.302 e. The number of hydrogen-bond donors (Lipinski definition) is 0. The van der Waals surface area contributed by atoms with Crippen LogP contribution in [0.3, 0.4) is 0 Å². The average molecular weight is 518 g/mol. The minimum atomic E-state index is -0.872. The summed E-state index contributed by atoms with van der Waals surface area (Å²) >= 11 is 0. The number of halogens is 1. The number of aromatic nitrogens is 1. The van der Waals surface area contributed by atoms with Crippen molar-refractivity contribution in [3.63, 3.8) is 0 Å². The number of para-hydroxylation sites is 1. The van der Waals surface area contributed by atoms with Gasteiger partial charge >= 0.3 is 5.97 Å². The first kappa shape index (κ1) is 26.5. The fourth-order valence-corrected chi connectivity index (χ4v) is 5.42. The fourth-order valence-electron chi connectivity index (χ4n) is 5.42. The highest BCUT2D eigenvalue weighted by Gasteiger charge is 2.44. The van der Waals surface area contributed by atoms with Crippen LogP contribution in [-0.4, -0.2) is 35.6 Å². The molecule has 5 rings (SSSR count). The summed E-state index contributed by atoms with van der Waals surface area (Å²) < 4.78 is 32.5. The number of nitrogens with zero attached hydrogens (tertiary/aromatic N) is 1. The zero-order valence-corrected chi connectivity index (χ0v) is 22.8. The maximum absolute atomic E-state index is 14.4. The summed E-state index contributed by atoms with van der Waals surface area (Å²) in [5.41, 5.74) is 5.17. The SMILES string of the molecule is C=C(c1cnc2ccccc2c1-c1ccc(F)cc1C1CC1)[C@@H]1C[C@@H](C(C)(C)COC(C)=O)OC(C)(C)O1. The molecule has 1 aliphatic carbocycles. The van der Waals surface area contributed by atoms with Gasteiger partial charge in [-0.05, 0) is 67.5 Å². The Hall–Kier alpha value is -3.09. The molecular formula is C32H36FNO4. The van der Waals surface area contributed by atoms with Crippen LogP contribution < -0.4 is 0 Å². The summed E-state index contributed by atoms with van der Waals surface area (Å²) in [6, 6.07) is 13.1. The largest absolute Gasteiger partial charge is 0.465 e. The lowest BCUT2D eigenvalue weighted by molar-refractivity contribution is -0.307. The van der Waals surface area contributed by atoms with E-state index in [-0.39, 0.29) is 30.6 Å². The number of benzene rings is 2. The summed E-state index contributed by atoms with van der Waals surface area (Å²) in [5, 5.41) is 0.998. The molecule has 0 bridgehead atoms. The molecule has 200 valence electrons. The first-order valence-electron chi connectivity index (χ1n) is 13.3. The van der Waals surface area contributed by atoms with Gasteiger partial charge in [0.15, 0.2) is 5.79 Å². The number of fused-ring (bicyclic) bond motifs is 1. The molecule has 0 amide bonds. The third-order valence-corrected chi connectivity index (χ3v) is 7.61. The fraction of sp³-hybridized carbons (Fsp3) is 0.438. The van der Waals surface area contributed by atoms with Gasteiger partial charge in [0.1, 0.15) is 5.82 Å². The second-order valence-corrected chi connectivity index (χ2v) is 11.7. The van der Waals surface area contributed by atoms with E-state index >= 15 is 0 Å². The molecule has 1 aromatic heterocycles. The molecule has 0 unspecified atom stereocenters. The molecule has 0 radical (unpaired) electrons. The van der Waals surface area contributed by atoms with E-state index in [1.54, 1.807) is 6.07 Å². The number of carbonyl (C=O) groups excluding carboxylic acids is 1. The predicted octanol–water partition coefficient (Wildman–Crippen LogP) is 7.43. The van der Waals surface area contributed by atoms with Gasteiger partial charge in [0.2, 0.25) is 0 Å². The number of hydrogen-bond acceptors (Lipinski definition) is 5. The summed E-state index contributed by atoms with van der Waals surface area (Å²) in [7, 11) is 0. The van der Waals surface area contributed by atoms with Crippen LogP contribution in [0.15, 0.2) is 55.2 Å². The Bertz CT molecular complexity index is 1390. The molecule has 1 aliphatic heterocycles. The van der Waals surface area contributed by atoms with E-state index in [4.69, 9.17) is 19.2 Å². The number of rotatable bonds is 7. The highest BCUT2D eigenvalue weighted by Crippen LogP contribution is 2.48. The summed E-state index contributed by atoms with van der Waals surface area (Å²) in [4.78, 5) is 16.3. The molecule has 38 heavy (non-hydrogen) atoms. The van der Waals surface area contributed by atoms with Crippen molar-refractivity contribution in [2.45, 2.75) is 77.8 Å². The molecule has 0 spiro atoms. The topological polar surface area (TPSA) is 57.7 Å². The zero-order valence-electron chi connectivity index (χ0n) is 22.8. The number of esters is 1. The number of carbonyl (C=O) groups is 1. The second-order valence-electron chi connectivity index (χ2n) is 11.7. The quantitative estimate of drug-likeness (QED) is 0.305.